The van der Waals surface area contributed by atoms with Gasteiger partial charge in [0.05, 0.1) is 12.3 Å². The number of hydrogen-bond acceptors (Lipinski definition) is 3. The van der Waals surface area contributed by atoms with Gasteiger partial charge in [-0.15, -0.1) is 0 Å². The molecular weight excluding hydrogens is 188 g/mol. The molecule has 1 atom stereocenters. The van der Waals surface area contributed by atoms with Gasteiger partial charge in [-0.1, -0.05) is 6.07 Å². The van der Waals surface area contributed by atoms with E-state index >= 15 is 0 Å². The van der Waals surface area contributed by atoms with Crippen LogP contribution in [0.15, 0.2) is 41.3 Å². The monoisotopic (exact) mass is 202 g/mol. The number of aromatic nitrogens is 1. The number of nitrogens with one attached hydrogen (secondary N) is 1. The Labute approximate surface area is 89.1 Å². The predicted molar refractivity (Wildman–Crippen MR) is 58.6 cm³/mol. The lowest BCUT2D eigenvalue weighted by Gasteiger charge is -2.14. The molecule has 2 aromatic rings. The Balaban J connectivity index is 2.37. The van der Waals surface area contributed by atoms with Crippen molar-refractivity contribution in [2.75, 3.05) is 7.05 Å². The number of aryl methyl sites for hydroxylation is 1. The highest BCUT2D eigenvalue weighted by Crippen LogP contribution is 2.24. The van der Waals surface area contributed by atoms with Crippen molar-refractivity contribution in [2.24, 2.45) is 0 Å². The number of furan rings is 1. The highest BCUT2D eigenvalue weighted by molar-refractivity contribution is 5.28. The largest absolute Gasteiger partial charge is 0.467 e. The average Bonchev–Trinajstić information content (AvgIpc) is 2.68. The summed E-state index contributed by atoms with van der Waals surface area (Å²) in [4.78, 5) is 4.11. The zero-order valence-electron chi connectivity index (χ0n) is 8.90. The fourth-order valence-corrected chi connectivity index (χ4v) is 1.68. The van der Waals surface area contributed by atoms with Crippen LogP contribution in [0.5, 0.6) is 0 Å². The summed E-state index contributed by atoms with van der Waals surface area (Å²) < 4.78 is 5.48. The summed E-state index contributed by atoms with van der Waals surface area (Å²) in [6.07, 6.45) is 5.33. The molecular formula is C12H14N2O. The van der Waals surface area contributed by atoms with Gasteiger partial charge in [0, 0.05) is 12.4 Å². The van der Waals surface area contributed by atoms with Gasteiger partial charge in [0.2, 0.25) is 0 Å². The van der Waals surface area contributed by atoms with E-state index in [0.717, 1.165) is 16.9 Å². The van der Waals surface area contributed by atoms with E-state index in [1.807, 2.05) is 38.4 Å². The molecule has 1 unspecified atom stereocenters. The molecule has 0 saturated carbocycles. The van der Waals surface area contributed by atoms with E-state index in [4.69, 9.17) is 4.42 Å². The third-order valence-electron chi connectivity index (χ3n) is 2.47. The van der Waals surface area contributed by atoms with Crippen LogP contribution in [0.4, 0.5) is 0 Å². The molecule has 2 rings (SSSR count). The molecule has 78 valence electrons. The summed E-state index contributed by atoms with van der Waals surface area (Å²) in [6, 6.07) is 6.01. The molecule has 2 heterocycles. The molecule has 2 aromatic heterocycles. The summed E-state index contributed by atoms with van der Waals surface area (Å²) in [6.45, 7) is 2.04. The van der Waals surface area contributed by atoms with Crippen LogP contribution in [0.3, 0.4) is 0 Å². The quantitative estimate of drug-likeness (QED) is 0.829. The molecule has 0 fully saturated rings. The zero-order chi connectivity index (χ0) is 10.7. The molecule has 0 saturated heterocycles. The number of nitrogens with zero attached hydrogens (tertiary/aromatic N) is 1. The maximum absolute atomic E-state index is 5.48. The van der Waals surface area contributed by atoms with Crippen LogP contribution in [-0.2, 0) is 0 Å². The molecule has 0 amide bonds. The first kappa shape index (κ1) is 9.93. The molecule has 15 heavy (non-hydrogen) atoms. The van der Waals surface area contributed by atoms with Gasteiger partial charge in [-0.05, 0) is 37.2 Å². The zero-order valence-corrected chi connectivity index (χ0v) is 8.90. The van der Waals surface area contributed by atoms with E-state index in [2.05, 4.69) is 10.3 Å². The van der Waals surface area contributed by atoms with Crippen LogP contribution in [0.2, 0.25) is 0 Å². The van der Waals surface area contributed by atoms with Gasteiger partial charge < -0.3 is 9.73 Å². The van der Waals surface area contributed by atoms with Gasteiger partial charge in [-0.3, -0.25) is 4.98 Å². The van der Waals surface area contributed by atoms with E-state index in [1.54, 1.807) is 12.5 Å². The molecule has 0 aromatic carbocycles. The van der Waals surface area contributed by atoms with Crippen LogP contribution in [0, 0.1) is 6.92 Å². The van der Waals surface area contributed by atoms with Gasteiger partial charge in [0.25, 0.3) is 0 Å². The first-order valence-electron chi connectivity index (χ1n) is 4.94. The fourth-order valence-electron chi connectivity index (χ4n) is 1.68. The van der Waals surface area contributed by atoms with Gasteiger partial charge >= 0.3 is 0 Å². The highest BCUT2D eigenvalue weighted by Gasteiger charge is 2.16. The van der Waals surface area contributed by atoms with Gasteiger partial charge in [-0.2, -0.15) is 0 Å². The van der Waals surface area contributed by atoms with Crippen LogP contribution in [0.25, 0.3) is 0 Å². The second kappa shape index (κ2) is 4.28. The maximum atomic E-state index is 5.48. The Morgan fingerprint density at radius 2 is 2.27 bits per heavy atom. The number of hydrogen-bond donors (Lipinski definition) is 1. The standard InChI is InChI=1S/C12H14N2O/c1-9-5-7-15-12(9)11(13-2)10-4-3-6-14-8-10/h3-8,11,13H,1-2H3. The summed E-state index contributed by atoms with van der Waals surface area (Å²) in [5, 5.41) is 3.23. The van der Waals surface area contributed by atoms with Crippen LogP contribution in [-0.4, -0.2) is 12.0 Å². The van der Waals surface area contributed by atoms with Crippen LogP contribution < -0.4 is 5.32 Å². The van der Waals surface area contributed by atoms with Gasteiger partial charge in [-0.25, -0.2) is 0 Å². The Morgan fingerprint density at radius 3 is 2.80 bits per heavy atom. The summed E-state index contributed by atoms with van der Waals surface area (Å²) in [7, 11) is 1.92. The molecule has 0 spiro atoms. The molecule has 0 aliphatic carbocycles. The van der Waals surface area contributed by atoms with E-state index in [9.17, 15) is 0 Å². The van der Waals surface area contributed by atoms with Crippen molar-refractivity contribution in [1.82, 2.24) is 10.3 Å². The number of rotatable bonds is 3. The summed E-state index contributed by atoms with van der Waals surface area (Å²) in [5.41, 5.74) is 2.26. The molecule has 3 heteroatoms. The third-order valence-corrected chi connectivity index (χ3v) is 2.47. The van der Waals surface area contributed by atoms with Crippen molar-refractivity contribution < 1.29 is 4.42 Å². The second-order valence-corrected chi connectivity index (χ2v) is 3.48. The molecule has 3 nitrogen and oxygen atoms in total. The van der Waals surface area contributed by atoms with Crippen molar-refractivity contribution in [1.29, 1.82) is 0 Å². The van der Waals surface area contributed by atoms with Crippen molar-refractivity contribution in [3.63, 3.8) is 0 Å². The van der Waals surface area contributed by atoms with E-state index in [1.165, 1.54) is 0 Å². The SMILES string of the molecule is CNC(c1cccnc1)c1occc1C. The lowest BCUT2D eigenvalue weighted by Crippen LogP contribution is -2.17. The van der Waals surface area contributed by atoms with Crippen LogP contribution >= 0.6 is 0 Å². The van der Waals surface area contributed by atoms with E-state index in [-0.39, 0.29) is 6.04 Å². The molecule has 0 aliphatic rings. The van der Waals surface area contributed by atoms with Crippen molar-refractivity contribution in [2.45, 2.75) is 13.0 Å². The average molecular weight is 202 g/mol. The number of pyridine rings is 1. The van der Waals surface area contributed by atoms with Crippen molar-refractivity contribution in [3.05, 3.63) is 53.7 Å². The Hall–Kier alpha value is -1.61. The summed E-state index contributed by atoms with van der Waals surface area (Å²) in [5.74, 6) is 0.950. The van der Waals surface area contributed by atoms with Crippen LogP contribution in [0.1, 0.15) is 22.9 Å². The molecule has 0 bridgehead atoms. The third kappa shape index (κ3) is 1.92. The van der Waals surface area contributed by atoms with Gasteiger partial charge in [0.1, 0.15) is 5.76 Å². The smallest absolute Gasteiger partial charge is 0.128 e. The minimum absolute atomic E-state index is 0.0775. The fraction of sp³-hybridized carbons (Fsp3) is 0.250. The minimum Gasteiger partial charge on any atom is -0.467 e. The van der Waals surface area contributed by atoms with Crippen molar-refractivity contribution >= 4 is 0 Å². The summed E-state index contributed by atoms with van der Waals surface area (Å²) >= 11 is 0. The first-order chi connectivity index (χ1) is 7.33. The normalized spacial score (nSPS) is 12.7. The Bertz CT molecular complexity index is 422. The maximum Gasteiger partial charge on any atom is 0.128 e. The topological polar surface area (TPSA) is 38.1 Å². The molecule has 0 radical (unpaired) electrons. The Morgan fingerprint density at radius 1 is 1.40 bits per heavy atom. The second-order valence-electron chi connectivity index (χ2n) is 3.48. The van der Waals surface area contributed by atoms with Crippen molar-refractivity contribution in [3.8, 4) is 0 Å². The first-order valence-corrected chi connectivity index (χ1v) is 4.94. The molecule has 1 N–H and O–H groups in total. The lowest BCUT2D eigenvalue weighted by molar-refractivity contribution is 0.460. The van der Waals surface area contributed by atoms with E-state index in [0.29, 0.717) is 0 Å². The lowest BCUT2D eigenvalue weighted by atomic mass is 10.0. The van der Waals surface area contributed by atoms with E-state index < -0.39 is 0 Å². The predicted octanol–water partition coefficient (Wildman–Crippen LogP) is 2.29. The minimum atomic E-state index is 0.0775. The Kier molecular flexibility index (Phi) is 2.83. The van der Waals surface area contributed by atoms with Gasteiger partial charge in [0.15, 0.2) is 0 Å². The molecule has 0 aliphatic heterocycles. The highest BCUT2D eigenvalue weighted by atomic mass is 16.3.